The minimum atomic E-state index is -3.45. The van der Waals surface area contributed by atoms with Gasteiger partial charge >= 0.3 is 0 Å². The van der Waals surface area contributed by atoms with E-state index in [1.165, 1.54) is 0 Å². The van der Waals surface area contributed by atoms with Gasteiger partial charge in [0.1, 0.15) is 17.9 Å². The van der Waals surface area contributed by atoms with Crippen molar-refractivity contribution in [2.45, 2.75) is 0 Å². The first kappa shape index (κ1) is 20.0. The van der Waals surface area contributed by atoms with Gasteiger partial charge in [-0.05, 0) is 18.2 Å². The van der Waals surface area contributed by atoms with E-state index in [1.54, 1.807) is 30.4 Å². The molecule has 0 aliphatic carbocycles. The number of nitrogens with zero attached hydrogens (tertiary/aromatic N) is 4. The van der Waals surface area contributed by atoms with E-state index in [1.807, 2.05) is 18.2 Å². The summed E-state index contributed by atoms with van der Waals surface area (Å²) >= 11 is 0. The molecule has 0 amide bonds. The molecule has 0 unspecified atom stereocenters. The van der Waals surface area contributed by atoms with Crippen LogP contribution in [0.5, 0.6) is 5.75 Å². The molecule has 11 heteroatoms. The van der Waals surface area contributed by atoms with Crippen LogP contribution in [0.25, 0.3) is 16.9 Å². The van der Waals surface area contributed by atoms with Crippen molar-refractivity contribution in [3.63, 3.8) is 0 Å². The Morgan fingerprint density at radius 3 is 2.75 bits per heavy atom. The Hall–Kier alpha value is -2.76. The highest BCUT2D eigenvalue weighted by molar-refractivity contribution is 7.85. The molecule has 0 spiro atoms. The average Bonchev–Trinajstić information content (AvgIpc) is 3.20. The molecule has 3 rings (SSSR count). The third-order valence-corrected chi connectivity index (χ3v) is 4.29. The summed E-state index contributed by atoms with van der Waals surface area (Å²) in [7, 11) is -1.85. The highest BCUT2D eigenvalue weighted by atomic mass is 32.2. The van der Waals surface area contributed by atoms with Crippen LogP contribution in [0.1, 0.15) is 0 Å². The molecule has 1 aromatic carbocycles. The van der Waals surface area contributed by atoms with Gasteiger partial charge in [-0.25, -0.2) is 9.97 Å². The van der Waals surface area contributed by atoms with E-state index in [4.69, 9.17) is 9.47 Å². The van der Waals surface area contributed by atoms with Crippen LogP contribution in [0.15, 0.2) is 36.9 Å². The van der Waals surface area contributed by atoms with Gasteiger partial charge in [0.15, 0.2) is 0 Å². The molecule has 0 bridgehead atoms. The third kappa shape index (κ3) is 5.38. The lowest BCUT2D eigenvalue weighted by molar-refractivity contribution is 0.110. The van der Waals surface area contributed by atoms with Crippen LogP contribution in [-0.2, 0) is 19.0 Å². The van der Waals surface area contributed by atoms with Gasteiger partial charge < -0.3 is 14.8 Å². The topological polar surface area (TPSA) is 117 Å². The van der Waals surface area contributed by atoms with Crippen LogP contribution >= 0.6 is 0 Å². The molecule has 0 saturated carbocycles. The maximum atomic E-state index is 10.9. The van der Waals surface area contributed by atoms with Gasteiger partial charge in [-0.15, -0.1) is 0 Å². The number of anilines is 1. The molecule has 3 aromatic rings. The molecule has 0 fully saturated rings. The van der Waals surface area contributed by atoms with Crippen molar-refractivity contribution in [1.29, 1.82) is 0 Å². The Bertz CT molecular complexity index is 1020. The fourth-order valence-electron chi connectivity index (χ4n) is 2.44. The van der Waals surface area contributed by atoms with Gasteiger partial charge in [0.05, 0.1) is 38.7 Å². The van der Waals surface area contributed by atoms with Gasteiger partial charge in [0.25, 0.3) is 10.1 Å². The van der Waals surface area contributed by atoms with Crippen LogP contribution in [0.2, 0.25) is 0 Å². The summed E-state index contributed by atoms with van der Waals surface area (Å²) in [6.45, 7) is 0.971. The molecule has 150 valence electrons. The van der Waals surface area contributed by atoms with E-state index < -0.39 is 10.1 Å². The zero-order valence-electron chi connectivity index (χ0n) is 15.5. The maximum absolute atomic E-state index is 10.9. The predicted octanol–water partition coefficient (Wildman–Crippen LogP) is 1.23. The Morgan fingerprint density at radius 1 is 1.18 bits per heavy atom. The molecule has 10 nitrogen and oxygen atoms in total. The monoisotopic (exact) mass is 407 g/mol. The highest BCUT2D eigenvalue weighted by Crippen LogP contribution is 2.26. The first-order valence-corrected chi connectivity index (χ1v) is 10.3. The SMILES string of the molecule is COc1ccc2nc(-n3ccnc3)nc(NCCOCCOS(C)(=O)=O)c2c1. The molecular formula is C17H21N5O5S. The number of nitrogens with one attached hydrogen (secondary N) is 1. The third-order valence-electron chi connectivity index (χ3n) is 3.69. The van der Waals surface area contributed by atoms with Gasteiger partial charge in [-0.3, -0.25) is 8.75 Å². The second-order valence-electron chi connectivity index (χ2n) is 5.79. The van der Waals surface area contributed by atoms with Crippen molar-refractivity contribution in [2.24, 2.45) is 0 Å². The first-order chi connectivity index (χ1) is 13.5. The average molecular weight is 407 g/mol. The largest absolute Gasteiger partial charge is 0.497 e. The van der Waals surface area contributed by atoms with Crippen molar-refractivity contribution < 1.29 is 22.1 Å². The molecule has 0 aliphatic rings. The Kier molecular flexibility index (Phi) is 6.39. The van der Waals surface area contributed by atoms with Gasteiger partial charge in [0, 0.05) is 24.3 Å². The van der Waals surface area contributed by atoms with E-state index in [2.05, 4.69) is 24.5 Å². The Morgan fingerprint density at radius 2 is 2.04 bits per heavy atom. The number of fused-ring (bicyclic) bond motifs is 1. The zero-order chi connectivity index (χ0) is 20.0. The summed E-state index contributed by atoms with van der Waals surface area (Å²) in [6, 6.07) is 5.55. The van der Waals surface area contributed by atoms with Crippen LogP contribution in [0.4, 0.5) is 5.82 Å². The lowest BCUT2D eigenvalue weighted by Gasteiger charge is -2.12. The van der Waals surface area contributed by atoms with Crippen LogP contribution < -0.4 is 10.1 Å². The minimum Gasteiger partial charge on any atom is -0.497 e. The van der Waals surface area contributed by atoms with Crippen LogP contribution in [-0.4, -0.2) is 67.7 Å². The quantitative estimate of drug-likeness (QED) is 0.391. The van der Waals surface area contributed by atoms with Crippen molar-refractivity contribution in [1.82, 2.24) is 19.5 Å². The number of methoxy groups -OCH3 is 1. The molecule has 1 N–H and O–H groups in total. The zero-order valence-corrected chi connectivity index (χ0v) is 16.3. The van der Waals surface area contributed by atoms with E-state index in [0.29, 0.717) is 30.7 Å². The summed E-state index contributed by atoms with van der Waals surface area (Å²) < 4.78 is 38.8. The number of rotatable bonds is 10. The summed E-state index contributed by atoms with van der Waals surface area (Å²) in [4.78, 5) is 13.2. The first-order valence-electron chi connectivity index (χ1n) is 8.46. The van der Waals surface area contributed by atoms with Crippen molar-refractivity contribution in [2.75, 3.05) is 45.0 Å². The van der Waals surface area contributed by atoms with E-state index in [-0.39, 0.29) is 13.2 Å². The molecule has 2 heterocycles. The number of aromatic nitrogens is 4. The molecular weight excluding hydrogens is 386 g/mol. The van der Waals surface area contributed by atoms with Crippen LogP contribution in [0, 0.1) is 0 Å². The predicted molar refractivity (Wildman–Crippen MR) is 103 cm³/mol. The minimum absolute atomic E-state index is 0.0166. The van der Waals surface area contributed by atoms with Crippen molar-refractivity contribution in [3.8, 4) is 11.7 Å². The fraction of sp³-hybridized carbons (Fsp3) is 0.353. The summed E-state index contributed by atoms with van der Waals surface area (Å²) in [5.41, 5.74) is 0.754. The highest BCUT2D eigenvalue weighted by Gasteiger charge is 2.10. The van der Waals surface area contributed by atoms with E-state index in [0.717, 1.165) is 17.2 Å². The molecule has 0 saturated heterocycles. The standard InChI is InChI=1S/C17H21N5O5S/c1-25-13-3-4-15-14(11-13)16(21-17(20-15)22-7-5-18-12-22)19-6-8-26-9-10-27-28(2,23)24/h3-5,7,11-12H,6,8-10H2,1-2H3,(H,19,20,21). The molecule has 2 aromatic heterocycles. The number of imidazole rings is 1. The van der Waals surface area contributed by atoms with E-state index in [9.17, 15) is 8.42 Å². The summed E-state index contributed by atoms with van der Waals surface area (Å²) in [6.07, 6.45) is 6.04. The number of hydrogen-bond donors (Lipinski definition) is 1. The second-order valence-corrected chi connectivity index (χ2v) is 7.43. The summed E-state index contributed by atoms with van der Waals surface area (Å²) in [5, 5.41) is 4.03. The van der Waals surface area contributed by atoms with Gasteiger partial charge in [-0.1, -0.05) is 0 Å². The van der Waals surface area contributed by atoms with Crippen molar-refractivity contribution >= 4 is 26.8 Å². The van der Waals surface area contributed by atoms with Gasteiger partial charge in [0.2, 0.25) is 5.95 Å². The van der Waals surface area contributed by atoms with Crippen molar-refractivity contribution in [3.05, 3.63) is 36.9 Å². The van der Waals surface area contributed by atoms with E-state index >= 15 is 0 Å². The van der Waals surface area contributed by atoms with Gasteiger partial charge in [-0.2, -0.15) is 13.4 Å². The molecule has 0 aliphatic heterocycles. The number of ether oxygens (including phenoxy) is 2. The maximum Gasteiger partial charge on any atom is 0.264 e. The lowest BCUT2D eigenvalue weighted by atomic mass is 10.2. The summed E-state index contributed by atoms with van der Waals surface area (Å²) in [5.74, 6) is 1.81. The second kappa shape index (κ2) is 8.95. The normalized spacial score (nSPS) is 11.6. The fourth-order valence-corrected chi connectivity index (χ4v) is 2.81. The molecule has 0 atom stereocenters. The number of benzene rings is 1. The Labute approximate surface area is 162 Å². The number of hydrogen-bond acceptors (Lipinski definition) is 9. The Balaban J connectivity index is 1.69. The smallest absolute Gasteiger partial charge is 0.264 e. The molecule has 0 radical (unpaired) electrons. The molecule has 28 heavy (non-hydrogen) atoms. The lowest BCUT2D eigenvalue weighted by Crippen LogP contribution is -2.15. The van der Waals surface area contributed by atoms with Crippen LogP contribution in [0.3, 0.4) is 0 Å².